The maximum atomic E-state index is 11.2. The molecule has 0 aliphatic carbocycles. The fourth-order valence-electron chi connectivity index (χ4n) is 2.33. The monoisotopic (exact) mass is 266 g/mol. The maximum Gasteiger partial charge on any atom is 0.354 e. The molecule has 0 saturated carbocycles. The zero-order valence-electron chi connectivity index (χ0n) is 11.0. The van der Waals surface area contributed by atoms with E-state index in [-0.39, 0.29) is 11.5 Å². The number of nitrogens with one attached hydrogen (secondary N) is 1. The Bertz CT molecular complexity index is 480. The lowest BCUT2D eigenvalue weighted by Gasteiger charge is -2.35. The quantitative estimate of drug-likeness (QED) is 0.479. The second-order valence-corrected chi connectivity index (χ2v) is 4.99. The molecular formula is C11H18N6O2. The molecule has 0 bridgehead atoms. The van der Waals surface area contributed by atoms with E-state index < -0.39 is 4.92 Å². The number of hydrogen-bond donors (Lipinski definition) is 2. The fraction of sp³-hybridized carbons (Fsp3) is 0.636. The molecule has 19 heavy (non-hydrogen) atoms. The average Bonchev–Trinajstić information content (AvgIpc) is 2.40. The highest BCUT2D eigenvalue weighted by Crippen LogP contribution is 2.34. The van der Waals surface area contributed by atoms with Crippen LogP contribution < -0.4 is 16.2 Å². The van der Waals surface area contributed by atoms with Gasteiger partial charge in [-0.05, 0) is 18.3 Å². The molecule has 8 heteroatoms. The lowest BCUT2D eigenvalue weighted by atomic mass is 9.89. The van der Waals surface area contributed by atoms with Crippen LogP contribution >= 0.6 is 0 Å². The van der Waals surface area contributed by atoms with Gasteiger partial charge < -0.3 is 10.3 Å². The van der Waals surface area contributed by atoms with Crippen molar-refractivity contribution in [1.82, 2.24) is 9.97 Å². The molecule has 1 aromatic rings. The van der Waals surface area contributed by atoms with Crippen molar-refractivity contribution in [3.8, 4) is 0 Å². The first-order valence-electron chi connectivity index (χ1n) is 6.25. The van der Waals surface area contributed by atoms with Crippen LogP contribution in [0.5, 0.6) is 0 Å². The van der Waals surface area contributed by atoms with E-state index in [0.29, 0.717) is 17.7 Å². The van der Waals surface area contributed by atoms with Crippen LogP contribution in [0.4, 0.5) is 17.3 Å². The summed E-state index contributed by atoms with van der Waals surface area (Å²) in [6.07, 6.45) is 2.29. The summed E-state index contributed by atoms with van der Waals surface area (Å²) in [6, 6.07) is 0. The molecule has 0 aromatic carbocycles. The summed E-state index contributed by atoms with van der Waals surface area (Å²) in [6.45, 7) is 5.85. The van der Waals surface area contributed by atoms with Crippen LogP contribution in [0, 0.1) is 22.0 Å². The van der Waals surface area contributed by atoms with Crippen LogP contribution in [0.3, 0.4) is 0 Å². The van der Waals surface area contributed by atoms with Crippen molar-refractivity contribution >= 4 is 17.3 Å². The Morgan fingerprint density at radius 1 is 1.47 bits per heavy atom. The third-order valence-corrected chi connectivity index (χ3v) is 3.76. The molecule has 8 nitrogen and oxygen atoms in total. The van der Waals surface area contributed by atoms with E-state index in [1.54, 1.807) is 0 Å². The van der Waals surface area contributed by atoms with E-state index in [1.165, 1.54) is 6.33 Å². The Morgan fingerprint density at radius 2 is 2.21 bits per heavy atom. The van der Waals surface area contributed by atoms with Crippen LogP contribution in [-0.4, -0.2) is 28.0 Å². The van der Waals surface area contributed by atoms with Gasteiger partial charge in [0.25, 0.3) is 0 Å². The predicted octanol–water partition coefficient (Wildman–Crippen LogP) is 1.15. The highest BCUT2D eigenvalue weighted by molar-refractivity contribution is 5.70. The molecule has 0 radical (unpaired) electrons. The summed E-state index contributed by atoms with van der Waals surface area (Å²) in [5.74, 6) is 6.74. The van der Waals surface area contributed by atoms with Crippen molar-refractivity contribution in [2.45, 2.75) is 20.3 Å². The van der Waals surface area contributed by atoms with Gasteiger partial charge in [0.05, 0.1) is 4.92 Å². The maximum absolute atomic E-state index is 11.2. The summed E-state index contributed by atoms with van der Waals surface area (Å²) in [4.78, 5) is 20.5. The fourth-order valence-corrected chi connectivity index (χ4v) is 2.33. The van der Waals surface area contributed by atoms with Crippen LogP contribution in [-0.2, 0) is 0 Å². The smallest absolute Gasteiger partial charge is 0.350 e. The Hall–Kier alpha value is -1.96. The molecule has 1 saturated heterocycles. The Balaban J connectivity index is 2.37. The Kier molecular flexibility index (Phi) is 3.79. The summed E-state index contributed by atoms with van der Waals surface area (Å²) in [5, 5.41) is 11.2. The number of nitro groups is 1. The SMILES string of the molecule is CC1CCN(c2ncnc(NN)c2[N+](=O)[O-])CC1C. The average molecular weight is 266 g/mol. The minimum atomic E-state index is -0.493. The highest BCUT2D eigenvalue weighted by atomic mass is 16.6. The van der Waals surface area contributed by atoms with Crippen molar-refractivity contribution in [2.75, 3.05) is 23.4 Å². The molecule has 0 spiro atoms. The number of rotatable bonds is 3. The first-order chi connectivity index (χ1) is 9.04. The molecule has 3 N–H and O–H groups in total. The highest BCUT2D eigenvalue weighted by Gasteiger charge is 2.31. The van der Waals surface area contributed by atoms with Gasteiger partial charge in [0.1, 0.15) is 6.33 Å². The lowest BCUT2D eigenvalue weighted by Crippen LogP contribution is -2.39. The van der Waals surface area contributed by atoms with Gasteiger partial charge in [0.15, 0.2) is 0 Å². The molecule has 1 aliphatic heterocycles. The van der Waals surface area contributed by atoms with Gasteiger partial charge in [-0.25, -0.2) is 15.8 Å². The second kappa shape index (κ2) is 5.35. The molecule has 2 unspecified atom stereocenters. The zero-order valence-corrected chi connectivity index (χ0v) is 11.0. The third-order valence-electron chi connectivity index (χ3n) is 3.76. The van der Waals surface area contributed by atoms with Crippen molar-refractivity contribution in [3.05, 3.63) is 16.4 Å². The normalized spacial score (nSPS) is 23.2. The zero-order chi connectivity index (χ0) is 14.0. The second-order valence-electron chi connectivity index (χ2n) is 4.99. The van der Waals surface area contributed by atoms with Crippen LogP contribution in [0.25, 0.3) is 0 Å². The molecule has 2 heterocycles. The van der Waals surface area contributed by atoms with Crippen LogP contribution in [0.15, 0.2) is 6.33 Å². The van der Waals surface area contributed by atoms with Crippen LogP contribution in [0.2, 0.25) is 0 Å². The number of piperidine rings is 1. The first-order valence-corrected chi connectivity index (χ1v) is 6.25. The van der Waals surface area contributed by atoms with Gasteiger partial charge >= 0.3 is 5.69 Å². The topological polar surface area (TPSA) is 110 Å². The van der Waals surface area contributed by atoms with Crippen LogP contribution in [0.1, 0.15) is 20.3 Å². The standard InChI is InChI=1S/C11H18N6O2/c1-7-3-4-16(5-8(7)2)11-9(17(18)19)10(15-12)13-6-14-11/h6-8H,3-5,12H2,1-2H3,(H,13,14,15). The van der Waals surface area contributed by atoms with Crippen molar-refractivity contribution in [3.63, 3.8) is 0 Å². The molecule has 2 atom stereocenters. The number of nitrogens with two attached hydrogens (primary N) is 1. The summed E-state index contributed by atoms with van der Waals surface area (Å²) < 4.78 is 0. The van der Waals surface area contributed by atoms with Crippen molar-refractivity contribution in [2.24, 2.45) is 17.7 Å². The first kappa shape index (κ1) is 13.5. The number of hydrogen-bond acceptors (Lipinski definition) is 7. The van der Waals surface area contributed by atoms with E-state index in [1.807, 2.05) is 4.90 Å². The summed E-state index contributed by atoms with van der Waals surface area (Å²) in [7, 11) is 0. The Morgan fingerprint density at radius 3 is 2.79 bits per heavy atom. The van der Waals surface area contributed by atoms with Crippen molar-refractivity contribution < 1.29 is 4.92 Å². The van der Waals surface area contributed by atoms with E-state index in [9.17, 15) is 10.1 Å². The lowest BCUT2D eigenvalue weighted by molar-refractivity contribution is -0.383. The number of nitrogen functional groups attached to an aromatic ring is 1. The largest absolute Gasteiger partial charge is 0.354 e. The van der Waals surface area contributed by atoms with Gasteiger partial charge in [0.2, 0.25) is 11.6 Å². The summed E-state index contributed by atoms with van der Waals surface area (Å²) >= 11 is 0. The van der Waals surface area contributed by atoms with E-state index in [4.69, 9.17) is 5.84 Å². The minimum Gasteiger partial charge on any atom is -0.350 e. The number of anilines is 2. The predicted molar refractivity (Wildman–Crippen MR) is 71.7 cm³/mol. The Labute approximate surface area is 111 Å². The molecule has 0 amide bonds. The van der Waals surface area contributed by atoms with Gasteiger partial charge in [-0.1, -0.05) is 13.8 Å². The molecule has 1 aromatic heterocycles. The number of aromatic nitrogens is 2. The van der Waals surface area contributed by atoms with Gasteiger partial charge in [-0.15, -0.1) is 0 Å². The molecule has 2 rings (SSSR count). The number of hydrazine groups is 1. The van der Waals surface area contributed by atoms with Crippen molar-refractivity contribution in [1.29, 1.82) is 0 Å². The molecule has 1 aliphatic rings. The van der Waals surface area contributed by atoms with E-state index in [0.717, 1.165) is 19.5 Å². The summed E-state index contributed by atoms with van der Waals surface area (Å²) in [5.41, 5.74) is 2.10. The van der Waals surface area contributed by atoms with E-state index in [2.05, 4.69) is 29.2 Å². The number of nitrogens with zero attached hydrogens (tertiary/aromatic N) is 4. The molecule has 104 valence electrons. The minimum absolute atomic E-state index is 0.0428. The third kappa shape index (κ3) is 2.58. The van der Waals surface area contributed by atoms with Gasteiger partial charge in [-0.2, -0.15) is 0 Å². The molecule has 1 fully saturated rings. The van der Waals surface area contributed by atoms with E-state index >= 15 is 0 Å². The molecular weight excluding hydrogens is 248 g/mol. The van der Waals surface area contributed by atoms with Gasteiger partial charge in [-0.3, -0.25) is 10.1 Å². The van der Waals surface area contributed by atoms with Gasteiger partial charge in [0, 0.05) is 13.1 Å².